The van der Waals surface area contributed by atoms with Crippen LogP contribution in [0.2, 0.25) is 0 Å². The summed E-state index contributed by atoms with van der Waals surface area (Å²) in [6.45, 7) is 5.36. The van der Waals surface area contributed by atoms with Crippen molar-refractivity contribution in [2.45, 2.75) is 100 Å². The smallest absolute Gasteiger partial charge is 0.408 e. The highest BCUT2D eigenvalue weighted by molar-refractivity contribution is 6.51. The quantitative estimate of drug-likeness (QED) is 0.285. The minimum atomic E-state index is -1.18. The summed E-state index contributed by atoms with van der Waals surface area (Å²) in [5.41, 5.74) is 4.48. The third kappa shape index (κ3) is 6.38. The van der Waals surface area contributed by atoms with Crippen LogP contribution in [-0.4, -0.2) is 69.1 Å². The van der Waals surface area contributed by atoms with Gasteiger partial charge < -0.3 is 26.0 Å². The van der Waals surface area contributed by atoms with Crippen LogP contribution in [-0.2, 0) is 23.9 Å². The van der Waals surface area contributed by atoms with E-state index in [0.717, 1.165) is 44.9 Å². The van der Waals surface area contributed by atoms with E-state index in [9.17, 15) is 24.0 Å². The maximum absolute atomic E-state index is 14.0. The molecule has 5 atom stereocenters. The zero-order valence-electron chi connectivity index (χ0n) is 22.1. The Labute approximate surface area is 233 Å². The second kappa shape index (κ2) is 10.8. The second-order valence-corrected chi connectivity index (χ2v) is 13.7. The van der Waals surface area contributed by atoms with Crippen LogP contribution in [0.4, 0.5) is 4.79 Å². The van der Waals surface area contributed by atoms with Crippen molar-refractivity contribution < 1.29 is 28.7 Å². The molecule has 38 heavy (non-hydrogen) atoms. The molecule has 0 aromatic rings. The molecule has 1 heterocycles. The predicted octanol–water partition coefficient (Wildman–Crippen LogP) is 2.43. The highest BCUT2D eigenvalue weighted by Crippen LogP contribution is 2.65. The van der Waals surface area contributed by atoms with Crippen LogP contribution < -0.4 is 16.4 Å². The molecule has 4 rings (SSSR count). The number of primary amides is 1. The summed E-state index contributed by atoms with van der Waals surface area (Å²) < 4.78 is 4.25. The van der Waals surface area contributed by atoms with E-state index in [0.29, 0.717) is 6.42 Å². The molecule has 212 valence electrons. The summed E-state index contributed by atoms with van der Waals surface area (Å²) in [5.74, 6) is -3.74. The number of carbonyl (C=O) groups excluding carboxylic acids is 5. The lowest BCUT2D eigenvalue weighted by atomic mass is 9.83. The largest absolute Gasteiger partial charge is 0.444 e. The number of nitrogens with zero attached hydrogens (tertiary/aromatic N) is 1. The highest BCUT2D eigenvalue weighted by atomic mass is 35.5. The number of alkyl halides is 2. The summed E-state index contributed by atoms with van der Waals surface area (Å²) in [5, 5.41) is 5.44. The third-order valence-corrected chi connectivity index (χ3v) is 9.15. The van der Waals surface area contributed by atoms with Crippen LogP contribution in [0.25, 0.3) is 0 Å². The number of nitrogens with two attached hydrogens (primary N) is 1. The lowest BCUT2D eigenvalue weighted by molar-refractivity contribution is -0.144. The molecule has 0 aromatic carbocycles. The summed E-state index contributed by atoms with van der Waals surface area (Å²) in [6, 6.07) is -3.00. The summed E-state index contributed by atoms with van der Waals surface area (Å²) in [4.78, 5) is 65.8. The number of amides is 4. The summed E-state index contributed by atoms with van der Waals surface area (Å²) in [6.07, 6.45) is 5.86. The van der Waals surface area contributed by atoms with Gasteiger partial charge in [0, 0.05) is 18.4 Å². The first-order valence-corrected chi connectivity index (χ1v) is 14.3. The van der Waals surface area contributed by atoms with Gasteiger partial charge in [0.15, 0.2) is 0 Å². The van der Waals surface area contributed by atoms with E-state index in [2.05, 4.69) is 10.6 Å². The Bertz CT molecular complexity index is 989. The van der Waals surface area contributed by atoms with Crippen molar-refractivity contribution >= 4 is 52.8 Å². The molecule has 10 nitrogen and oxygen atoms in total. The van der Waals surface area contributed by atoms with Crippen molar-refractivity contribution in [1.29, 1.82) is 0 Å². The highest BCUT2D eigenvalue weighted by Gasteiger charge is 2.74. The maximum atomic E-state index is 14.0. The number of fused-ring (bicyclic) bond motifs is 1. The van der Waals surface area contributed by atoms with Gasteiger partial charge in [-0.25, -0.2) is 4.79 Å². The number of ketones is 1. The topological polar surface area (TPSA) is 148 Å². The first kappa shape index (κ1) is 28.9. The van der Waals surface area contributed by atoms with E-state index < -0.39 is 63.6 Å². The van der Waals surface area contributed by atoms with Gasteiger partial charge in [0.1, 0.15) is 22.0 Å². The first-order valence-electron chi connectivity index (χ1n) is 13.5. The van der Waals surface area contributed by atoms with Gasteiger partial charge in [0.2, 0.25) is 17.6 Å². The monoisotopic (exact) mass is 572 g/mol. The fourth-order valence-corrected chi connectivity index (χ4v) is 6.77. The molecule has 4 fully saturated rings. The molecular weight excluding hydrogens is 535 g/mol. The maximum Gasteiger partial charge on any atom is 0.408 e. The van der Waals surface area contributed by atoms with Crippen molar-refractivity contribution in [2.75, 3.05) is 6.54 Å². The molecular formula is C26H38Cl2N4O6. The normalized spacial score (nSPS) is 28.0. The van der Waals surface area contributed by atoms with Gasteiger partial charge in [-0.15, -0.1) is 23.2 Å². The van der Waals surface area contributed by atoms with Crippen LogP contribution in [0.3, 0.4) is 0 Å². The molecule has 4 aliphatic rings. The molecule has 0 radical (unpaired) electrons. The van der Waals surface area contributed by atoms with Crippen LogP contribution in [0.5, 0.6) is 0 Å². The fourth-order valence-electron chi connectivity index (χ4n) is 5.94. The molecule has 0 aromatic heterocycles. The van der Waals surface area contributed by atoms with Crippen molar-refractivity contribution in [3.63, 3.8) is 0 Å². The Hall–Kier alpha value is -2.07. The number of hydrogen-bond donors (Lipinski definition) is 3. The molecule has 0 spiro atoms. The minimum absolute atomic E-state index is 0.111. The minimum Gasteiger partial charge on any atom is -0.444 e. The van der Waals surface area contributed by atoms with Gasteiger partial charge in [-0.1, -0.05) is 32.1 Å². The van der Waals surface area contributed by atoms with E-state index in [4.69, 9.17) is 33.7 Å². The Balaban J connectivity index is 1.55. The molecule has 1 unspecified atom stereocenters. The number of Topliss-reactive ketones (excluding diaryl/α,β-unsaturated/α-hetero) is 1. The summed E-state index contributed by atoms with van der Waals surface area (Å²) >= 11 is 12.9. The van der Waals surface area contributed by atoms with Gasteiger partial charge in [-0.05, 0) is 51.9 Å². The number of halogens is 2. The van der Waals surface area contributed by atoms with Crippen LogP contribution in [0.1, 0.15) is 72.1 Å². The Morgan fingerprint density at radius 1 is 1.03 bits per heavy atom. The number of piperidine rings is 1. The number of likely N-dealkylation sites (tertiary alicyclic amines) is 1. The lowest BCUT2D eigenvalue weighted by Gasteiger charge is -2.36. The summed E-state index contributed by atoms with van der Waals surface area (Å²) in [7, 11) is 0. The number of alkyl carbamates (subject to hydrolysis) is 1. The zero-order valence-corrected chi connectivity index (χ0v) is 23.6. The van der Waals surface area contributed by atoms with E-state index in [-0.39, 0.29) is 24.3 Å². The van der Waals surface area contributed by atoms with E-state index in [1.165, 1.54) is 4.90 Å². The lowest BCUT2D eigenvalue weighted by Crippen LogP contribution is -2.60. The average Bonchev–Trinajstić information content (AvgIpc) is 3.68. The number of carbonyl (C=O) groups is 5. The number of nitrogens with one attached hydrogen (secondary N) is 2. The Morgan fingerprint density at radius 3 is 2.21 bits per heavy atom. The van der Waals surface area contributed by atoms with Crippen molar-refractivity contribution in [3.05, 3.63) is 0 Å². The van der Waals surface area contributed by atoms with Gasteiger partial charge in [0.25, 0.3) is 5.91 Å². The molecule has 3 aliphatic carbocycles. The van der Waals surface area contributed by atoms with E-state index in [1.807, 2.05) is 0 Å². The molecule has 1 aliphatic heterocycles. The Morgan fingerprint density at radius 2 is 1.66 bits per heavy atom. The van der Waals surface area contributed by atoms with Crippen LogP contribution in [0.15, 0.2) is 0 Å². The number of ether oxygens (including phenoxy) is 1. The van der Waals surface area contributed by atoms with Crippen molar-refractivity contribution in [2.24, 2.45) is 29.4 Å². The zero-order chi connectivity index (χ0) is 28.0. The predicted molar refractivity (Wildman–Crippen MR) is 140 cm³/mol. The molecule has 3 saturated carbocycles. The average molecular weight is 574 g/mol. The number of hydrogen-bond acceptors (Lipinski definition) is 6. The van der Waals surface area contributed by atoms with Gasteiger partial charge in [-0.2, -0.15) is 0 Å². The fraction of sp³-hybridized carbons (Fsp3) is 0.808. The van der Waals surface area contributed by atoms with Crippen LogP contribution in [0, 0.1) is 23.7 Å². The SMILES string of the molecule is CC(C)(C)OC(=O)N[C@H](C(=O)N1C[C@H]2[C@@H]([C@H]1C(=O)NC(CC1CC1)C(=O)C(N)=O)C2(Cl)Cl)C1CCCCC1. The molecule has 4 N–H and O–H groups in total. The molecule has 12 heteroatoms. The van der Waals surface area contributed by atoms with Gasteiger partial charge in [-0.3, -0.25) is 19.2 Å². The van der Waals surface area contributed by atoms with Gasteiger partial charge in [0.05, 0.1) is 6.04 Å². The van der Waals surface area contributed by atoms with E-state index >= 15 is 0 Å². The van der Waals surface area contributed by atoms with Crippen molar-refractivity contribution in [3.8, 4) is 0 Å². The third-order valence-electron chi connectivity index (χ3n) is 8.09. The molecule has 1 saturated heterocycles. The van der Waals surface area contributed by atoms with Gasteiger partial charge >= 0.3 is 6.09 Å². The molecule has 4 amide bonds. The second-order valence-electron chi connectivity index (χ2n) is 12.2. The first-order chi connectivity index (χ1) is 17.7. The van der Waals surface area contributed by atoms with Crippen LogP contribution >= 0.6 is 23.2 Å². The van der Waals surface area contributed by atoms with Crippen molar-refractivity contribution in [1.82, 2.24) is 15.5 Å². The number of rotatable bonds is 9. The molecule has 0 bridgehead atoms. The van der Waals surface area contributed by atoms with E-state index in [1.54, 1.807) is 20.8 Å². The standard InChI is InChI=1S/C26H38Cl2N4O6/c1-25(2,3)38-24(37)31-18(14-7-5-4-6-8-14)23(36)32-12-15-17(26(15,27)28)19(32)22(35)30-16(11-13-9-10-13)20(33)21(29)34/h13-19H,4-12H2,1-3H3,(H2,29,34)(H,30,35)(H,31,37)/t15-,16?,17-,18-,19-/m0/s1. The Kier molecular flexibility index (Phi) is 8.25.